The highest BCUT2D eigenvalue weighted by molar-refractivity contribution is 8.21. The zero-order chi connectivity index (χ0) is 21.6. The maximum absolute atomic E-state index is 13.0. The molecule has 0 bridgehead atoms. The van der Waals surface area contributed by atoms with E-state index in [4.69, 9.17) is 18.9 Å². The topological polar surface area (TPSA) is 91.4 Å². The molecule has 8 nitrogen and oxygen atoms in total. The lowest BCUT2D eigenvalue weighted by Crippen LogP contribution is -2.53. The van der Waals surface area contributed by atoms with Crippen LogP contribution in [0.1, 0.15) is 52.4 Å². The van der Waals surface area contributed by atoms with Crippen LogP contribution in [0.2, 0.25) is 0 Å². The van der Waals surface area contributed by atoms with Crippen molar-refractivity contribution in [2.75, 3.05) is 38.6 Å². The fourth-order valence-corrected chi connectivity index (χ4v) is 6.38. The summed E-state index contributed by atoms with van der Waals surface area (Å²) in [6.45, 7) is 6.83. The molecular weight excluding hydrogens is 430 g/mol. The van der Waals surface area contributed by atoms with Crippen molar-refractivity contribution in [3.05, 3.63) is 0 Å². The first-order valence-electron chi connectivity index (χ1n) is 10.7. The summed E-state index contributed by atoms with van der Waals surface area (Å²) in [4.78, 5) is 40.3. The van der Waals surface area contributed by atoms with Crippen molar-refractivity contribution >= 4 is 41.4 Å². The van der Waals surface area contributed by atoms with Crippen molar-refractivity contribution in [3.8, 4) is 0 Å². The molecule has 3 heterocycles. The van der Waals surface area contributed by atoms with Crippen molar-refractivity contribution in [3.63, 3.8) is 0 Å². The summed E-state index contributed by atoms with van der Waals surface area (Å²) in [6, 6.07) is 0. The van der Waals surface area contributed by atoms with Crippen LogP contribution in [0.25, 0.3) is 0 Å². The highest BCUT2D eigenvalue weighted by atomic mass is 32.2. The molecule has 1 unspecified atom stereocenters. The minimum atomic E-state index is -1.46. The van der Waals surface area contributed by atoms with Crippen LogP contribution in [-0.4, -0.2) is 71.3 Å². The van der Waals surface area contributed by atoms with Crippen LogP contribution in [0, 0.1) is 5.41 Å². The number of carbonyl (C=O) groups excluding carboxylic acids is 3. The maximum Gasteiger partial charge on any atom is 0.362 e. The van der Waals surface area contributed by atoms with Gasteiger partial charge in [0.15, 0.2) is 10.9 Å². The monoisotopic (exact) mass is 461 g/mol. The van der Waals surface area contributed by atoms with E-state index < -0.39 is 27.2 Å². The van der Waals surface area contributed by atoms with Gasteiger partial charge in [-0.25, -0.2) is 0 Å². The van der Waals surface area contributed by atoms with E-state index in [2.05, 4.69) is 0 Å². The Morgan fingerprint density at radius 3 is 2.27 bits per heavy atom. The number of esters is 3. The van der Waals surface area contributed by atoms with Gasteiger partial charge in [0.05, 0.1) is 19.8 Å². The van der Waals surface area contributed by atoms with Crippen LogP contribution in [0.5, 0.6) is 0 Å². The van der Waals surface area contributed by atoms with Crippen LogP contribution >= 0.6 is 23.5 Å². The third kappa shape index (κ3) is 5.44. The van der Waals surface area contributed by atoms with Gasteiger partial charge in [-0.15, -0.1) is 0 Å². The lowest BCUT2D eigenvalue weighted by atomic mass is 9.78. The summed E-state index contributed by atoms with van der Waals surface area (Å²) >= 11 is 2.25. The van der Waals surface area contributed by atoms with Gasteiger partial charge in [0, 0.05) is 18.8 Å². The summed E-state index contributed by atoms with van der Waals surface area (Å²) < 4.78 is 20.8. The predicted octanol–water partition coefficient (Wildman–Crippen LogP) is 2.75. The minimum Gasteiger partial charge on any atom is -0.449 e. The number of rotatable bonds is 9. The Morgan fingerprint density at radius 1 is 1.10 bits per heavy atom. The summed E-state index contributed by atoms with van der Waals surface area (Å²) in [7, 11) is 0. The third-order valence-electron chi connectivity index (χ3n) is 5.52. The molecule has 0 aromatic heterocycles. The number of hydrogen-bond donors (Lipinski definition) is 0. The van der Waals surface area contributed by atoms with E-state index in [0.717, 1.165) is 37.4 Å². The number of thioether (sulfide) groups is 2. The van der Waals surface area contributed by atoms with Gasteiger partial charge in [-0.2, -0.15) is 0 Å². The quantitative estimate of drug-likeness (QED) is 0.377. The summed E-state index contributed by atoms with van der Waals surface area (Å²) in [5, 5.41) is 0. The first kappa shape index (κ1) is 23.7. The van der Waals surface area contributed by atoms with Crippen molar-refractivity contribution in [1.29, 1.82) is 0 Å². The molecule has 0 aliphatic carbocycles. The highest BCUT2D eigenvalue weighted by Crippen LogP contribution is 2.55. The molecule has 1 atom stereocenters. The number of unbranched alkanes of at least 4 members (excludes halogenated alkanes) is 2. The molecule has 0 N–H and O–H groups in total. The van der Waals surface area contributed by atoms with E-state index in [1.165, 1.54) is 11.8 Å². The number of morpholine rings is 1. The molecule has 0 radical (unpaired) electrons. The van der Waals surface area contributed by atoms with Crippen LogP contribution in [0.15, 0.2) is 0 Å². The molecule has 3 rings (SSSR count). The van der Waals surface area contributed by atoms with E-state index in [1.54, 1.807) is 0 Å². The Labute approximate surface area is 186 Å². The number of carbonyl (C=O) groups is 3. The number of hydrogen-bond acceptors (Lipinski definition) is 10. The van der Waals surface area contributed by atoms with Crippen LogP contribution in [0.4, 0.5) is 0 Å². The lowest BCUT2D eigenvalue weighted by molar-refractivity contribution is -0.215. The van der Waals surface area contributed by atoms with Crippen molar-refractivity contribution in [2.45, 2.75) is 62.3 Å². The molecular formula is C20H31NO7S2. The lowest BCUT2D eigenvalue weighted by Gasteiger charge is -2.40. The van der Waals surface area contributed by atoms with Gasteiger partial charge in [0.2, 0.25) is 0 Å². The smallest absolute Gasteiger partial charge is 0.362 e. The van der Waals surface area contributed by atoms with Gasteiger partial charge in [0.25, 0.3) is 0 Å². The van der Waals surface area contributed by atoms with Crippen LogP contribution in [0.3, 0.4) is 0 Å². The number of ether oxygens (including phenoxy) is 4. The standard InChI is InChI=1S/C20H31NO7S2/c1-3-5-7-19(8-6-4-2)17(23)27-20(28-18(19)24)29-14-16(30-20)26-15(22)13-21-9-11-25-12-10-21/h16H,3-14H2,1-2H3. The van der Waals surface area contributed by atoms with Crippen molar-refractivity contribution < 1.29 is 33.3 Å². The molecule has 0 aromatic rings. The average molecular weight is 462 g/mol. The Bertz CT molecular complexity index is 611. The molecule has 0 amide bonds. The van der Waals surface area contributed by atoms with Gasteiger partial charge in [-0.05, 0) is 24.6 Å². The SMILES string of the molecule is CCCCC1(CCCC)C(=O)OC2(OC1=O)SCC(OC(=O)CN1CCOCC1)S2. The highest BCUT2D eigenvalue weighted by Gasteiger charge is 2.61. The normalized spacial score (nSPS) is 25.7. The zero-order valence-corrected chi connectivity index (χ0v) is 19.3. The number of nitrogens with zero attached hydrogens (tertiary/aromatic N) is 1. The summed E-state index contributed by atoms with van der Waals surface area (Å²) in [5.74, 6) is -0.987. The molecule has 3 saturated heterocycles. The molecule has 3 aliphatic rings. The molecule has 30 heavy (non-hydrogen) atoms. The molecule has 10 heteroatoms. The average Bonchev–Trinajstić information content (AvgIpc) is 3.09. The van der Waals surface area contributed by atoms with Gasteiger partial charge in [-0.3, -0.25) is 19.3 Å². The van der Waals surface area contributed by atoms with Crippen molar-refractivity contribution in [2.24, 2.45) is 5.41 Å². The Balaban J connectivity index is 1.58. The van der Waals surface area contributed by atoms with E-state index in [-0.39, 0.29) is 12.5 Å². The van der Waals surface area contributed by atoms with Crippen LogP contribution in [-0.2, 0) is 33.3 Å². The fraction of sp³-hybridized carbons (Fsp3) is 0.850. The largest absolute Gasteiger partial charge is 0.449 e. The Hall–Kier alpha value is -0.970. The van der Waals surface area contributed by atoms with Crippen molar-refractivity contribution in [1.82, 2.24) is 4.90 Å². The first-order valence-corrected chi connectivity index (χ1v) is 12.6. The second-order valence-electron chi connectivity index (χ2n) is 7.81. The zero-order valence-electron chi connectivity index (χ0n) is 17.7. The van der Waals surface area contributed by atoms with E-state index in [0.29, 0.717) is 44.9 Å². The van der Waals surface area contributed by atoms with Gasteiger partial charge >= 0.3 is 22.4 Å². The third-order valence-corrected chi connectivity index (χ3v) is 8.35. The Kier molecular flexibility index (Phi) is 8.34. The van der Waals surface area contributed by atoms with Crippen LogP contribution < -0.4 is 0 Å². The summed E-state index contributed by atoms with van der Waals surface area (Å²) in [6.07, 6.45) is 4.13. The molecule has 1 spiro atoms. The van der Waals surface area contributed by atoms with Gasteiger partial charge in [-0.1, -0.05) is 51.3 Å². The maximum atomic E-state index is 13.0. The van der Waals surface area contributed by atoms with E-state index in [9.17, 15) is 14.4 Å². The molecule has 0 saturated carbocycles. The van der Waals surface area contributed by atoms with Gasteiger partial charge in [0.1, 0.15) is 0 Å². The second-order valence-corrected chi connectivity index (χ2v) is 10.5. The van der Waals surface area contributed by atoms with Gasteiger partial charge < -0.3 is 18.9 Å². The van der Waals surface area contributed by atoms with E-state index >= 15 is 0 Å². The minimum absolute atomic E-state index is 0.189. The van der Waals surface area contributed by atoms with E-state index in [1.807, 2.05) is 18.7 Å². The summed E-state index contributed by atoms with van der Waals surface area (Å²) in [5.41, 5.74) is -1.76. The molecule has 0 aromatic carbocycles. The fourth-order valence-electron chi connectivity index (χ4n) is 3.71. The molecule has 3 fully saturated rings. The predicted molar refractivity (Wildman–Crippen MR) is 114 cm³/mol. The first-order chi connectivity index (χ1) is 14.4. The molecule has 3 aliphatic heterocycles. The Morgan fingerprint density at radius 2 is 1.70 bits per heavy atom. The molecule has 170 valence electrons. The second kappa shape index (κ2) is 10.6.